The number of halogens is 2. The van der Waals surface area contributed by atoms with Gasteiger partial charge in [0.15, 0.2) is 5.71 Å². The van der Waals surface area contributed by atoms with Gasteiger partial charge < -0.3 is 24.7 Å². The van der Waals surface area contributed by atoms with E-state index < -0.39 is 5.97 Å². The molecule has 2 aromatic rings. The number of rotatable bonds is 9. The number of carbonyl (C=O) groups is 2. The van der Waals surface area contributed by atoms with E-state index in [2.05, 4.69) is 15.7 Å². The number of hydrogen-bond acceptors (Lipinski definition) is 7. The summed E-state index contributed by atoms with van der Waals surface area (Å²) in [6, 6.07) is 5.37. The van der Waals surface area contributed by atoms with Crippen LogP contribution in [0.25, 0.3) is 11.3 Å². The van der Waals surface area contributed by atoms with Crippen LogP contribution in [0.1, 0.15) is 49.3 Å². The second kappa shape index (κ2) is 9.79. The molecule has 1 aromatic carbocycles. The van der Waals surface area contributed by atoms with Crippen LogP contribution in [0, 0.1) is 5.92 Å². The smallest absolute Gasteiger partial charge is 0.352 e. The zero-order chi connectivity index (χ0) is 24.7. The molecule has 2 aliphatic carbocycles. The number of piperidine rings is 1. The van der Waals surface area contributed by atoms with E-state index in [1.54, 1.807) is 23.1 Å². The van der Waals surface area contributed by atoms with E-state index in [0.717, 1.165) is 30.6 Å². The maximum Gasteiger partial charge on any atom is 0.352 e. The number of ether oxygens (including phenoxy) is 1. The molecule has 3 aliphatic rings. The molecule has 0 unspecified atom stereocenters. The lowest BCUT2D eigenvalue weighted by atomic mass is 10.0. The maximum absolute atomic E-state index is 12.7. The molecule has 186 valence electrons. The van der Waals surface area contributed by atoms with Crippen LogP contribution >= 0.6 is 23.2 Å². The molecule has 1 aromatic heterocycles. The van der Waals surface area contributed by atoms with Crippen molar-refractivity contribution in [3.8, 4) is 11.3 Å². The number of nitrogens with one attached hydrogen (secondary N) is 1. The molecule has 3 atom stereocenters. The lowest BCUT2D eigenvalue weighted by Gasteiger charge is -2.31. The molecule has 11 heteroatoms. The third-order valence-corrected chi connectivity index (χ3v) is 7.65. The first-order valence-corrected chi connectivity index (χ1v) is 12.4. The summed E-state index contributed by atoms with van der Waals surface area (Å²) in [6.07, 6.45) is 3.40. The summed E-state index contributed by atoms with van der Waals surface area (Å²) < 4.78 is 12.1. The van der Waals surface area contributed by atoms with Crippen molar-refractivity contribution in [1.29, 1.82) is 0 Å². The van der Waals surface area contributed by atoms with Gasteiger partial charge in [0.1, 0.15) is 11.5 Å². The monoisotopic (exact) mass is 520 g/mol. The minimum absolute atomic E-state index is 0.00881. The number of amides is 1. The number of carboxylic acid groups (broad SMARTS) is 1. The van der Waals surface area contributed by atoms with Gasteiger partial charge in [-0.15, -0.1) is 0 Å². The Hall–Kier alpha value is -2.62. The highest BCUT2D eigenvalue weighted by atomic mass is 35.5. The molecule has 1 saturated heterocycles. The minimum Gasteiger partial charge on any atom is -0.477 e. The van der Waals surface area contributed by atoms with Gasteiger partial charge in [-0.25, -0.2) is 4.79 Å². The lowest BCUT2D eigenvalue weighted by Crippen LogP contribution is -2.43. The van der Waals surface area contributed by atoms with E-state index >= 15 is 0 Å². The third-order valence-electron chi connectivity index (χ3n) is 7.02. The Kier molecular flexibility index (Phi) is 6.74. The van der Waals surface area contributed by atoms with Crippen LogP contribution in [0.3, 0.4) is 0 Å². The van der Waals surface area contributed by atoms with Crippen molar-refractivity contribution in [3.05, 3.63) is 39.6 Å². The first-order chi connectivity index (χ1) is 16.9. The van der Waals surface area contributed by atoms with Crippen LogP contribution < -0.4 is 5.43 Å². The van der Waals surface area contributed by atoms with Crippen molar-refractivity contribution in [1.82, 2.24) is 15.5 Å². The maximum atomic E-state index is 12.7. The van der Waals surface area contributed by atoms with Crippen molar-refractivity contribution in [3.63, 3.8) is 0 Å². The van der Waals surface area contributed by atoms with E-state index in [0.29, 0.717) is 46.8 Å². The summed E-state index contributed by atoms with van der Waals surface area (Å²) in [5.41, 5.74) is 4.39. The van der Waals surface area contributed by atoms with Gasteiger partial charge in [-0.05, 0) is 37.8 Å². The SMILES string of the molecule is CN/N=C(/CC(=O)N1C[C@@H]2C[C@H]1C[C@H]2OCc1c(-c2c(Cl)cccc2Cl)noc1C1CC1)C(=O)O. The predicted molar refractivity (Wildman–Crippen MR) is 129 cm³/mol. The number of carboxylic acids is 1. The minimum atomic E-state index is -1.20. The van der Waals surface area contributed by atoms with Crippen molar-refractivity contribution < 1.29 is 24.0 Å². The average molecular weight is 521 g/mol. The van der Waals surface area contributed by atoms with Gasteiger partial charge in [-0.1, -0.05) is 34.4 Å². The van der Waals surface area contributed by atoms with E-state index in [1.807, 2.05) is 0 Å². The van der Waals surface area contributed by atoms with Gasteiger partial charge in [0.2, 0.25) is 5.91 Å². The molecule has 1 amide bonds. The van der Waals surface area contributed by atoms with Crippen molar-refractivity contribution >= 4 is 40.8 Å². The van der Waals surface area contributed by atoms with Crippen LogP contribution in [0.5, 0.6) is 0 Å². The largest absolute Gasteiger partial charge is 0.477 e. The number of aliphatic carboxylic acids is 1. The second-order valence-corrected chi connectivity index (χ2v) is 10.1. The number of carbonyl (C=O) groups excluding carboxylic acids is 1. The van der Waals surface area contributed by atoms with Gasteiger partial charge >= 0.3 is 5.97 Å². The van der Waals surface area contributed by atoms with Crippen molar-refractivity contribution in [2.75, 3.05) is 13.6 Å². The summed E-state index contributed by atoms with van der Waals surface area (Å²) in [5, 5.41) is 18.3. The fraction of sp³-hybridized carbons (Fsp3) is 0.500. The summed E-state index contributed by atoms with van der Waals surface area (Å²) in [4.78, 5) is 25.8. The van der Waals surface area contributed by atoms with Crippen LogP contribution in [-0.2, 0) is 20.9 Å². The van der Waals surface area contributed by atoms with Gasteiger partial charge in [-0.2, -0.15) is 5.10 Å². The highest BCUT2D eigenvalue weighted by Crippen LogP contribution is 2.47. The van der Waals surface area contributed by atoms with Crippen LogP contribution in [-0.4, -0.2) is 58.5 Å². The third kappa shape index (κ3) is 4.77. The predicted octanol–water partition coefficient (Wildman–Crippen LogP) is 4.08. The number of benzene rings is 1. The van der Waals surface area contributed by atoms with E-state index in [9.17, 15) is 14.7 Å². The van der Waals surface area contributed by atoms with Gasteiger partial charge in [-0.3, -0.25) is 4.79 Å². The Morgan fingerprint density at radius 1 is 1.29 bits per heavy atom. The molecule has 2 bridgehead atoms. The van der Waals surface area contributed by atoms with Crippen molar-refractivity contribution in [2.45, 2.75) is 56.8 Å². The normalized spacial score (nSPS) is 23.7. The van der Waals surface area contributed by atoms with Gasteiger partial charge in [0.05, 0.1) is 29.2 Å². The molecule has 9 nitrogen and oxygen atoms in total. The fourth-order valence-corrected chi connectivity index (χ4v) is 5.77. The molecule has 2 N–H and O–H groups in total. The van der Waals surface area contributed by atoms with E-state index in [4.69, 9.17) is 32.5 Å². The number of likely N-dealkylation sites (tertiary alicyclic amines) is 1. The van der Waals surface area contributed by atoms with Crippen molar-refractivity contribution in [2.24, 2.45) is 11.0 Å². The standard InChI is InChI=1S/C24H26Cl2N4O5/c1-27-28-18(24(32)33)9-20(31)30-10-13-7-14(30)8-19(13)34-11-15-22(29-35-23(15)12-5-6-12)21-16(25)3-2-4-17(21)26/h2-4,12-14,19,27H,5-11H2,1H3,(H,32,33)/b28-18-/t13-,14-,19+/m0/s1. The van der Waals surface area contributed by atoms with Crippen LogP contribution in [0.4, 0.5) is 0 Å². The average Bonchev–Trinajstić information content (AvgIpc) is 3.27. The topological polar surface area (TPSA) is 117 Å². The molecule has 5 rings (SSSR count). The Labute approximate surface area is 212 Å². The molecular formula is C24H26Cl2N4O5. The van der Waals surface area contributed by atoms with Crippen LogP contribution in [0.2, 0.25) is 10.0 Å². The highest BCUT2D eigenvalue weighted by molar-refractivity contribution is 6.39. The van der Waals surface area contributed by atoms with Gasteiger partial charge in [0, 0.05) is 42.6 Å². The molecule has 0 spiro atoms. The molecule has 2 heterocycles. The molecule has 2 saturated carbocycles. The van der Waals surface area contributed by atoms with Crippen LogP contribution in [0.15, 0.2) is 27.8 Å². The number of hydrazone groups is 1. The summed E-state index contributed by atoms with van der Waals surface area (Å²) in [6.45, 7) is 0.870. The van der Waals surface area contributed by atoms with E-state index in [-0.39, 0.29) is 36.1 Å². The lowest BCUT2D eigenvalue weighted by molar-refractivity contribution is -0.135. The molecule has 35 heavy (non-hydrogen) atoms. The Morgan fingerprint density at radius 3 is 2.63 bits per heavy atom. The molecular weight excluding hydrogens is 495 g/mol. The summed E-state index contributed by atoms with van der Waals surface area (Å²) >= 11 is 12.9. The number of nitrogens with zero attached hydrogens (tertiary/aromatic N) is 3. The highest BCUT2D eigenvalue weighted by Gasteiger charge is 2.47. The molecule has 1 aliphatic heterocycles. The Morgan fingerprint density at radius 2 is 2.03 bits per heavy atom. The summed E-state index contributed by atoms with van der Waals surface area (Å²) in [7, 11) is 1.50. The Balaban J connectivity index is 1.26. The van der Waals surface area contributed by atoms with Gasteiger partial charge in [0.25, 0.3) is 0 Å². The summed E-state index contributed by atoms with van der Waals surface area (Å²) in [5.74, 6) is -0.0612. The Bertz CT molecular complexity index is 1160. The zero-order valence-corrected chi connectivity index (χ0v) is 20.7. The molecule has 3 fully saturated rings. The number of aromatic nitrogens is 1. The fourth-order valence-electron chi connectivity index (χ4n) is 5.20. The zero-order valence-electron chi connectivity index (χ0n) is 19.2. The molecule has 0 radical (unpaired) electrons. The number of fused-ring (bicyclic) bond motifs is 2. The first kappa shape index (κ1) is 24.1. The number of hydrogen-bond donors (Lipinski definition) is 2. The van der Waals surface area contributed by atoms with E-state index in [1.165, 1.54) is 7.05 Å². The second-order valence-electron chi connectivity index (χ2n) is 9.29. The first-order valence-electron chi connectivity index (χ1n) is 11.7. The quantitative estimate of drug-likeness (QED) is 0.377.